The highest BCUT2D eigenvalue weighted by molar-refractivity contribution is 7.20. The van der Waals surface area contributed by atoms with Crippen molar-refractivity contribution in [3.05, 3.63) is 231 Å². The van der Waals surface area contributed by atoms with Gasteiger partial charge in [0, 0.05) is 39.2 Å². The molecule has 0 aliphatic rings. The summed E-state index contributed by atoms with van der Waals surface area (Å²) in [4.78, 5) is 10.4. The number of fused-ring (bicyclic) bond motifs is 3. The molecule has 4 heterocycles. The Morgan fingerprint density at radius 1 is 0.597 bits per heavy atom. The van der Waals surface area contributed by atoms with E-state index < -0.39 is 6.85 Å². The third kappa shape index (κ3) is 7.66. The van der Waals surface area contributed by atoms with Gasteiger partial charge in [-0.25, -0.2) is 9.97 Å². The molecule has 0 radical (unpaired) electrons. The van der Waals surface area contributed by atoms with Crippen LogP contribution in [0.3, 0.4) is 0 Å². The van der Waals surface area contributed by atoms with E-state index in [-0.39, 0.29) is 0 Å². The quantitative estimate of drug-likeness (QED) is 0.128. The van der Waals surface area contributed by atoms with Crippen molar-refractivity contribution >= 4 is 107 Å². The van der Waals surface area contributed by atoms with E-state index in [4.69, 9.17) is 21.6 Å². The summed E-state index contributed by atoms with van der Waals surface area (Å²) in [5, 5.41) is 28.8. The summed E-state index contributed by atoms with van der Waals surface area (Å²) in [6.45, 7) is 1.71. The summed E-state index contributed by atoms with van der Waals surface area (Å²) in [7, 11) is 0.445. The smallest absolute Gasteiger partial charge is 0.328 e. The Kier molecular flexibility index (Phi) is 11.2. The summed E-state index contributed by atoms with van der Waals surface area (Å²) in [5.41, 5.74) is 10.6. The standard InChI is InChI=1S/C56H37B2ClN6S2/c1-36-17-11-12-24-42(36)53-51-50(54(44(35-61)56-63-46-26-14-16-28-49(46)67-56)65(53)58(39-20-7-3-8-21-39)40-22-9-4-10-23-40)47(33-37-29-31-41(59)32-30-37)64(57-38-18-5-2-6-19-38)52(51)43(34-60)55-62-45-25-13-15-27-48(45)66-55/h2-32,57H,33H2,1H3/b52-43-,54-44-. The first-order valence-electron chi connectivity index (χ1n) is 22.0. The van der Waals surface area contributed by atoms with Crippen LogP contribution < -0.4 is 27.1 Å². The molecule has 67 heavy (non-hydrogen) atoms. The Morgan fingerprint density at radius 2 is 1.10 bits per heavy atom. The Labute approximate surface area is 401 Å². The van der Waals surface area contributed by atoms with Crippen molar-refractivity contribution in [1.82, 2.24) is 18.9 Å². The first kappa shape index (κ1) is 41.9. The van der Waals surface area contributed by atoms with Crippen molar-refractivity contribution in [2.24, 2.45) is 0 Å². The average Bonchev–Trinajstić information content (AvgIpc) is 4.14. The number of aromatic nitrogens is 4. The Bertz CT molecular complexity index is 3760. The Morgan fingerprint density at radius 3 is 1.66 bits per heavy atom. The second-order valence-corrected chi connectivity index (χ2v) is 19.0. The summed E-state index contributed by atoms with van der Waals surface area (Å²) in [5.74, 6) is 0. The number of rotatable bonds is 10. The van der Waals surface area contributed by atoms with Crippen molar-refractivity contribution in [1.29, 1.82) is 10.5 Å². The molecule has 11 rings (SSSR count). The number of nitrogens with zero attached hydrogens (tertiary/aromatic N) is 6. The predicted octanol–water partition coefficient (Wildman–Crippen LogP) is 9.51. The third-order valence-corrected chi connectivity index (χ3v) is 14.8. The van der Waals surface area contributed by atoms with Crippen LogP contribution in [0.5, 0.6) is 0 Å². The Balaban J connectivity index is 1.46. The van der Waals surface area contributed by atoms with E-state index in [0.29, 0.717) is 40.0 Å². The van der Waals surface area contributed by atoms with E-state index in [1.807, 2.05) is 66.7 Å². The van der Waals surface area contributed by atoms with Crippen LogP contribution >= 0.6 is 34.3 Å². The molecule has 0 spiro atoms. The number of aryl methyl sites for hydroxylation is 1. The lowest BCUT2D eigenvalue weighted by Crippen LogP contribution is -2.53. The maximum absolute atomic E-state index is 11.9. The SMILES string of the molecule is Cc1ccccc1-c1c2/c(=C(\C#N)c3nc4ccccc4s3)n(Bc3ccccc3)c(Cc3ccc(Cl)cc3)c2/c(=C(\C#N)c2nc3ccccc3s2)n1B(c1ccccc1)c1ccccc1. The molecule has 11 heteroatoms. The molecule has 4 aromatic heterocycles. The molecule has 316 valence electrons. The molecule has 0 saturated heterocycles. The molecule has 0 fully saturated rings. The number of hydrogen-bond acceptors (Lipinski definition) is 6. The van der Waals surface area contributed by atoms with E-state index in [0.717, 1.165) is 86.4 Å². The van der Waals surface area contributed by atoms with Crippen LogP contribution in [-0.4, -0.2) is 33.2 Å². The van der Waals surface area contributed by atoms with E-state index in [1.54, 1.807) is 0 Å². The molecule has 0 saturated carbocycles. The lowest BCUT2D eigenvalue weighted by Gasteiger charge is -2.23. The molecule has 11 aromatic rings. The van der Waals surface area contributed by atoms with Gasteiger partial charge in [-0.1, -0.05) is 180 Å². The lowest BCUT2D eigenvalue weighted by molar-refractivity contribution is 1.02. The lowest BCUT2D eigenvalue weighted by atomic mass is 9.50. The molecule has 0 aliphatic heterocycles. The van der Waals surface area contributed by atoms with E-state index in [1.165, 1.54) is 22.7 Å². The predicted molar refractivity (Wildman–Crippen MR) is 281 cm³/mol. The minimum absolute atomic E-state index is 0.427. The average molecular weight is 915 g/mol. The number of nitriles is 2. The third-order valence-electron chi connectivity index (χ3n) is 12.4. The van der Waals surface area contributed by atoms with Crippen LogP contribution in [0, 0.1) is 29.6 Å². The molecule has 0 aliphatic carbocycles. The first-order valence-corrected chi connectivity index (χ1v) is 24.0. The maximum Gasteiger partial charge on any atom is 0.328 e. The second kappa shape index (κ2) is 17.9. The van der Waals surface area contributed by atoms with Crippen LogP contribution in [-0.2, 0) is 6.42 Å². The molecule has 0 N–H and O–H groups in total. The molecule has 0 unspecified atom stereocenters. The van der Waals surface area contributed by atoms with Gasteiger partial charge in [-0.3, -0.25) is 0 Å². The van der Waals surface area contributed by atoms with Gasteiger partial charge in [0.15, 0.2) is 0 Å². The molecular weight excluding hydrogens is 878 g/mol. The van der Waals surface area contributed by atoms with Gasteiger partial charge in [0.25, 0.3) is 7.41 Å². The minimum Gasteiger partial charge on any atom is -0.386 e. The highest BCUT2D eigenvalue weighted by Gasteiger charge is 2.35. The fourth-order valence-corrected chi connectivity index (χ4v) is 11.5. The summed E-state index contributed by atoms with van der Waals surface area (Å²) < 4.78 is 6.69. The monoisotopic (exact) mass is 914 g/mol. The zero-order chi connectivity index (χ0) is 45.4. The van der Waals surface area contributed by atoms with E-state index in [9.17, 15) is 10.5 Å². The molecule has 0 bridgehead atoms. The zero-order valence-corrected chi connectivity index (χ0v) is 38.7. The van der Waals surface area contributed by atoms with Gasteiger partial charge in [-0.2, -0.15) is 10.5 Å². The van der Waals surface area contributed by atoms with Gasteiger partial charge < -0.3 is 8.96 Å². The van der Waals surface area contributed by atoms with Gasteiger partial charge in [0.2, 0.25) is 0 Å². The molecule has 7 aromatic carbocycles. The first-order chi connectivity index (χ1) is 33.0. The van der Waals surface area contributed by atoms with Crippen molar-refractivity contribution in [3.8, 4) is 23.4 Å². The molecule has 0 atom stereocenters. The highest BCUT2D eigenvalue weighted by atomic mass is 35.5. The normalized spacial score (nSPS) is 12.2. The van der Waals surface area contributed by atoms with E-state index in [2.05, 4.69) is 149 Å². The number of benzene rings is 7. The summed E-state index contributed by atoms with van der Waals surface area (Å²) >= 11 is 9.60. The second-order valence-electron chi connectivity index (χ2n) is 16.5. The van der Waals surface area contributed by atoms with Gasteiger partial charge in [-0.15, -0.1) is 22.7 Å². The van der Waals surface area contributed by atoms with Gasteiger partial charge in [-0.05, 0) is 54.4 Å². The topological polar surface area (TPSA) is 83.2 Å². The Hall–Kier alpha value is -7.72. The van der Waals surface area contributed by atoms with Crippen molar-refractivity contribution < 1.29 is 0 Å². The number of para-hydroxylation sites is 2. The number of thiazole rings is 2. The van der Waals surface area contributed by atoms with Crippen LogP contribution in [0.15, 0.2) is 188 Å². The zero-order valence-electron chi connectivity index (χ0n) is 36.3. The van der Waals surface area contributed by atoms with Crippen molar-refractivity contribution in [2.45, 2.75) is 13.3 Å². The number of halogens is 1. The molecule has 6 nitrogen and oxygen atoms in total. The van der Waals surface area contributed by atoms with Gasteiger partial charge >= 0.3 is 6.85 Å². The fraction of sp³-hybridized carbons (Fsp3) is 0.0357. The summed E-state index contributed by atoms with van der Waals surface area (Å²) in [6, 6.07) is 69.4. The minimum atomic E-state index is -0.427. The van der Waals surface area contributed by atoms with Crippen LogP contribution in [0.4, 0.5) is 0 Å². The van der Waals surface area contributed by atoms with Crippen LogP contribution in [0.2, 0.25) is 5.02 Å². The van der Waals surface area contributed by atoms with Crippen LogP contribution in [0.25, 0.3) is 53.6 Å². The molecular formula is C56H37B2ClN6S2. The highest BCUT2D eigenvalue weighted by Crippen LogP contribution is 2.36. The fourth-order valence-electron chi connectivity index (χ4n) is 9.42. The van der Waals surface area contributed by atoms with E-state index >= 15 is 0 Å². The van der Waals surface area contributed by atoms with Gasteiger partial charge in [0.1, 0.15) is 33.3 Å². The number of hydrogen-bond donors (Lipinski definition) is 0. The van der Waals surface area contributed by atoms with Gasteiger partial charge in [0.05, 0.1) is 31.1 Å². The van der Waals surface area contributed by atoms with Crippen LogP contribution in [0.1, 0.15) is 26.8 Å². The maximum atomic E-state index is 11.9. The molecule has 0 amide bonds. The summed E-state index contributed by atoms with van der Waals surface area (Å²) in [6.07, 6.45) is 0.461. The largest absolute Gasteiger partial charge is 0.386 e. The van der Waals surface area contributed by atoms with Crippen molar-refractivity contribution in [3.63, 3.8) is 0 Å². The van der Waals surface area contributed by atoms with Crippen molar-refractivity contribution in [2.75, 3.05) is 0 Å².